The Morgan fingerprint density at radius 2 is 1.87 bits per heavy atom. The molecule has 0 atom stereocenters. The van der Waals surface area contributed by atoms with Crippen molar-refractivity contribution in [3.63, 3.8) is 0 Å². The number of nitrogens with zero attached hydrogens (tertiary/aromatic N) is 1. The largest absolute Gasteiger partial charge is 0.460 e. The molecule has 1 N–H and O–H groups in total. The predicted molar refractivity (Wildman–Crippen MR) is 54.9 cm³/mol. The molecule has 0 fully saturated rings. The van der Waals surface area contributed by atoms with E-state index in [4.69, 9.17) is 9.29 Å². The van der Waals surface area contributed by atoms with E-state index in [1.165, 1.54) is 6.92 Å². The van der Waals surface area contributed by atoms with Crippen molar-refractivity contribution < 1.29 is 27.0 Å². The molecule has 0 aromatic rings. The van der Waals surface area contributed by atoms with Crippen molar-refractivity contribution in [2.24, 2.45) is 0 Å². The van der Waals surface area contributed by atoms with E-state index in [9.17, 15) is 13.2 Å². The van der Waals surface area contributed by atoms with E-state index in [0.717, 1.165) is 0 Å². The minimum atomic E-state index is -3.92. The van der Waals surface area contributed by atoms with Gasteiger partial charge in [-0.15, -0.1) is 0 Å². The monoisotopic (exact) mass is 240 g/mol. The molecule has 6 nitrogen and oxygen atoms in total. The van der Waals surface area contributed by atoms with Gasteiger partial charge in [0.2, 0.25) is 0 Å². The smallest absolute Gasteiger partial charge is 0.302 e. The van der Waals surface area contributed by atoms with Crippen molar-refractivity contribution in [2.45, 2.75) is 6.92 Å². The van der Waals surface area contributed by atoms with Gasteiger partial charge in [0.1, 0.15) is 18.9 Å². The number of carbonyl (C=O) groups excluding carboxylic acids is 1. The van der Waals surface area contributed by atoms with E-state index < -0.39 is 10.1 Å². The Bertz CT molecular complexity index is 309. The van der Waals surface area contributed by atoms with Crippen LogP contribution < -0.4 is 0 Å². The Morgan fingerprint density at radius 1 is 1.33 bits per heavy atom. The van der Waals surface area contributed by atoms with E-state index in [0.29, 0.717) is 11.0 Å². The maximum atomic E-state index is 10.5. The molecule has 0 amide bonds. The van der Waals surface area contributed by atoms with Gasteiger partial charge in [0.15, 0.2) is 0 Å². The highest BCUT2D eigenvalue weighted by atomic mass is 32.2. The standard InChI is InChI=1S/C8H17NO5S/c1-8(10)14-6-4-9(2,3)5-7-15(11,12)13/h4-7H2,1-3H3/p+1. The fraction of sp³-hybridized carbons (Fsp3) is 0.875. The lowest BCUT2D eigenvalue weighted by atomic mass is 10.4. The summed E-state index contributed by atoms with van der Waals surface area (Å²) in [4.78, 5) is 10.5. The molecule has 0 aliphatic rings. The number of likely N-dealkylation sites (N-methyl/N-ethyl adjacent to an activating group) is 1. The predicted octanol–water partition coefficient (Wildman–Crippen LogP) is -0.486. The lowest BCUT2D eigenvalue weighted by Crippen LogP contribution is -2.45. The summed E-state index contributed by atoms with van der Waals surface area (Å²) in [5, 5.41) is 0. The third kappa shape index (κ3) is 9.64. The first-order valence-electron chi connectivity index (χ1n) is 4.53. The van der Waals surface area contributed by atoms with Crippen LogP contribution in [0.2, 0.25) is 0 Å². The number of carbonyl (C=O) groups is 1. The summed E-state index contributed by atoms with van der Waals surface area (Å²) < 4.78 is 34.7. The van der Waals surface area contributed by atoms with Gasteiger partial charge >= 0.3 is 5.97 Å². The zero-order valence-electron chi connectivity index (χ0n) is 9.26. The van der Waals surface area contributed by atoms with Crippen LogP contribution in [-0.2, 0) is 19.6 Å². The Morgan fingerprint density at radius 3 is 2.27 bits per heavy atom. The Labute approximate surface area is 90.2 Å². The molecule has 0 aromatic heterocycles. The van der Waals surface area contributed by atoms with Crippen LogP contribution in [0.25, 0.3) is 0 Å². The maximum Gasteiger partial charge on any atom is 0.302 e. The van der Waals surface area contributed by atoms with Crippen LogP contribution in [0.15, 0.2) is 0 Å². The van der Waals surface area contributed by atoms with E-state index in [1.54, 1.807) is 14.1 Å². The van der Waals surface area contributed by atoms with Crippen LogP contribution in [0.5, 0.6) is 0 Å². The maximum absolute atomic E-state index is 10.5. The lowest BCUT2D eigenvalue weighted by Gasteiger charge is -2.28. The Balaban J connectivity index is 3.92. The van der Waals surface area contributed by atoms with E-state index in [-0.39, 0.29) is 24.9 Å². The van der Waals surface area contributed by atoms with Gasteiger partial charge in [0.25, 0.3) is 10.1 Å². The van der Waals surface area contributed by atoms with Crippen molar-refractivity contribution >= 4 is 16.1 Å². The van der Waals surface area contributed by atoms with Crippen molar-refractivity contribution in [1.82, 2.24) is 0 Å². The van der Waals surface area contributed by atoms with Crippen LogP contribution in [-0.4, -0.2) is 63.0 Å². The second kappa shape index (κ2) is 5.43. The highest BCUT2D eigenvalue weighted by molar-refractivity contribution is 7.85. The molecule has 15 heavy (non-hydrogen) atoms. The number of rotatable bonds is 6. The molecule has 0 rings (SSSR count). The van der Waals surface area contributed by atoms with Gasteiger partial charge in [-0.1, -0.05) is 0 Å². The summed E-state index contributed by atoms with van der Waals surface area (Å²) in [5.41, 5.74) is 0. The van der Waals surface area contributed by atoms with Crippen LogP contribution in [0, 0.1) is 0 Å². The summed E-state index contributed by atoms with van der Waals surface area (Å²) in [6, 6.07) is 0. The minimum absolute atomic E-state index is 0.244. The summed E-state index contributed by atoms with van der Waals surface area (Å²) in [5.74, 6) is -0.648. The Hall–Kier alpha value is -0.660. The highest BCUT2D eigenvalue weighted by Gasteiger charge is 2.19. The van der Waals surface area contributed by atoms with Gasteiger partial charge < -0.3 is 9.22 Å². The van der Waals surface area contributed by atoms with Crippen molar-refractivity contribution in [3.8, 4) is 0 Å². The molecule has 0 heterocycles. The van der Waals surface area contributed by atoms with Crippen molar-refractivity contribution in [1.29, 1.82) is 0 Å². The lowest BCUT2D eigenvalue weighted by molar-refractivity contribution is -0.888. The topological polar surface area (TPSA) is 80.7 Å². The Kier molecular flexibility index (Phi) is 5.19. The molecule has 0 radical (unpaired) electrons. The number of ether oxygens (including phenoxy) is 1. The molecule has 0 aliphatic carbocycles. The van der Waals surface area contributed by atoms with Crippen LogP contribution in [0.1, 0.15) is 6.92 Å². The van der Waals surface area contributed by atoms with Gasteiger partial charge in [-0.25, -0.2) is 0 Å². The highest BCUT2D eigenvalue weighted by Crippen LogP contribution is 1.98. The number of esters is 1. The van der Waals surface area contributed by atoms with Crippen molar-refractivity contribution in [2.75, 3.05) is 39.5 Å². The fourth-order valence-corrected chi connectivity index (χ4v) is 1.64. The molecule has 0 saturated heterocycles. The first-order valence-corrected chi connectivity index (χ1v) is 6.14. The average Bonchev–Trinajstić information content (AvgIpc) is 1.99. The summed E-state index contributed by atoms with van der Waals surface area (Å²) in [6.45, 7) is 2.35. The molecular weight excluding hydrogens is 222 g/mol. The molecule has 0 saturated carbocycles. The average molecular weight is 240 g/mol. The summed E-state index contributed by atoms with van der Waals surface area (Å²) in [7, 11) is -0.322. The fourth-order valence-electron chi connectivity index (χ4n) is 0.911. The zero-order valence-corrected chi connectivity index (χ0v) is 10.1. The second-order valence-electron chi connectivity index (χ2n) is 4.01. The van der Waals surface area contributed by atoms with Crippen LogP contribution in [0.4, 0.5) is 0 Å². The van der Waals surface area contributed by atoms with Crippen molar-refractivity contribution in [3.05, 3.63) is 0 Å². The summed E-state index contributed by atoms with van der Waals surface area (Å²) >= 11 is 0. The molecular formula is C8H18NO5S+. The van der Waals surface area contributed by atoms with Gasteiger partial charge in [-0.2, -0.15) is 8.42 Å². The second-order valence-corrected chi connectivity index (χ2v) is 5.58. The molecule has 90 valence electrons. The van der Waals surface area contributed by atoms with Gasteiger partial charge in [0, 0.05) is 6.92 Å². The van der Waals surface area contributed by atoms with Gasteiger partial charge in [-0.05, 0) is 0 Å². The molecule has 0 aromatic carbocycles. The zero-order chi connectivity index (χ0) is 12.1. The number of quaternary nitrogens is 1. The summed E-state index contributed by atoms with van der Waals surface area (Å²) in [6.07, 6.45) is 0. The van der Waals surface area contributed by atoms with Crippen LogP contribution >= 0.6 is 0 Å². The molecule has 0 bridgehead atoms. The molecule has 0 spiro atoms. The third-order valence-corrected chi connectivity index (χ3v) is 2.65. The minimum Gasteiger partial charge on any atom is -0.460 e. The van der Waals surface area contributed by atoms with E-state index in [1.807, 2.05) is 0 Å². The number of hydrogen-bond acceptors (Lipinski definition) is 4. The van der Waals surface area contributed by atoms with E-state index >= 15 is 0 Å². The normalized spacial score (nSPS) is 12.5. The molecule has 7 heteroatoms. The number of hydrogen-bond donors (Lipinski definition) is 1. The first kappa shape index (κ1) is 14.3. The van der Waals surface area contributed by atoms with Gasteiger partial charge in [-0.3, -0.25) is 9.35 Å². The third-order valence-electron chi connectivity index (χ3n) is 1.96. The first-order chi connectivity index (χ1) is 6.62. The molecule has 0 unspecified atom stereocenters. The van der Waals surface area contributed by atoms with Gasteiger partial charge in [0.05, 0.1) is 20.6 Å². The van der Waals surface area contributed by atoms with E-state index in [2.05, 4.69) is 0 Å². The SMILES string of the molecule is CC(=O)OCC[N+](C)(C)CCS(=O)(=O)O. The molecule has 0 aliphatic heterocycles. The van der Waals surface area contributed by atoms with Crippen LogP contribution in [0.3, 0.4) is 0 Å². The quantitative estimate of drug-likeness (QED) is 0.385.